The molecule has 0 aromatic rings. The van der Waals surface area contributed by atoms with E-state index in [0.29, 0.717) is 12.8 Å². The first-order valence-corrected chi connectivity index (χ1v) is 21.3. The molecule has 0 rings (SSSR count). The highest BCUT2D eigenvalue weighted by molar-refractivity contribution is 5.69. The molecule has 0 aromatic heterocycles. The highest BCUT2D eigenvalue weighted by Crippen LogP contribution is 2.17. The predicted octanol–water partition coefficient (Wildman–Crippen LogP) is 13.2. The van der Waals surface area contributed by atoms with Crippen molar-refractivity contribution >= 4 is 11.9 Å². The Labute approximate surface area is 299 Å². The highest BCUT2D eigenvalue weighted by Gasteiger charge is 2.12. The first-order chi connectivity index (χ1) is 23.3. The molecule has 0 radical (unpaired) electrons. The van der Waals surface area contributed by atoms with Crippen molar-refractivity contribution in [1.82, 2.24) is 0 Å². The molecule has 0 aliphatic heterocycles. The van der Waals surface area contributed by atoms with Crippen molar-refractivity contribution in [2.24, 2.45) is 11.8 Å². The molecule has 0 aliphatic carbocycles. The van der Waals surface area contributed by atoms with Gasteiger partial charge in [0, 0.05) is 12.8 Å². The summed E-state index contributed by atoms with van der Waals surface area (Å²) in [6, 6.07) is 0. The normalized spacial score (nSPS) is 11.7. The topological polar surface area (TPSA) is 72.8 Å². The second kappa shape index (κ2) is 37.2. The van der Waals surface area contributed by atoms with Gasteiger partial charge in [0.25, 0.3) is 0 Å². The number of aliphatic hydroxyl groups is 1. The molecule has 0 saturated carbocycles. The molecular weight excluding hydrogens is 596 g/mol. The van der Waals surface area contributed by atoms with E-state index in [0.717, 1.165) is 37.5 Å². The van der Waals surface area contributed by atoms with Gasteiger partial charge in [-0.25, -0.2) is 0 Å². The van der Waals surface area contributed by atoms with E-state index in [2.05, 4.69) is 27.7 Å². The lowest BCUT2D eigenvalue weighted by Gasteiger charge is -2.12. The lowest BCUT2D eigenvalue weighted by atomic mass is 10.0. The molecule has 0 aliphatic rings. The monoisotopic (exact) mass is 681 g/mol. The quantitative estimate of drug-likeness (QED) is 0.0519. The summed E-state index contributed by atoms with van der Waals surface area (Å²) in [6.07, 6.45) is 38.8. The lowest BCUT2D eigenvalue weighted by Crippen LogP contribution is -2.25. The molecule has 1 N–H and O–H groups in total. The zero-order valence-corrected chi connectivity index (χ0v) is 32.9. The van der Waals surface area contributed by atoms with Gasteiger partial charge in [-0.3, -0.25) is 9.59 Å². The van der Waals surface area contributed by atoms with Crippen LogP contribution in [-0.4, -0.2) is 36.4 Å². The van der Waals surface area contributed by atoms with Gasteiger partial charge in [0.05, 0.1) is 0 Å². The second-order valence-electron chi connectivity index (χ2n) is 15.8. The number of hydrogen-bond donors (Lipinski definition) is 1. The fourth-order valence-corrected chi connectivity index (χ4v) is 6.46. The van der Waals surface area contributed by atoms with Crippen molar-refractivity contribution in [3.8, 4) is 0 Å². The maximum absolute atomic E-state index is 12.0. The van der Waals surface area contributed by atoms with Crippen LogP contribution in [0.5, 0.6) is 0 Å². The highest BCUT2D eigenvalue weighted by atomic mass is 16.6. The van der Waals surface area contributed by atoms with Gasteiger partial charge in [-0.1, -0.05) is 207 Å². The summed E-state index contributed by atoms with van der Waals surface area (Å²) in [4.78, 5) is 24.0. The molecule has 0 unspecified atom stereocenters. The maximum Gasteiger partial charge on any atom is 0.305 e. The van der Waals surface area contributed by atoms with Crippen LogP contribution in [0.25, 0.3) is 0 Å². The van der Waals surface area contributed by atoms with Gasteiger partial charge in [0.2, 0.25) is 0 Å². The van der Waals surface area contributed by atoms with Gasteiger partial charge in [-0.2, -0.15) is 0 Å². The first-order valence-electron chi connectivity index (χ1n) is 21.3. The number of esters is 2. The molecule has 0 amide bonds. The smallest absolute Gasteiger partial charge is 0.305 e. The third kappa shape index (κ3) is 39.3. The van der Waals surface area contributed by atoms with E-state index in [4.69, 9.17) is 9.47 Å². The van der Waals surface area contributed by atoms with Crippen molar-refractivity contribution in [2.75, 3.05) is 13.2 Å². The van der Waals surface area contributed by atoms with Crippen LogP contribution in [0, 0.1) is 11.8 Å². The summed E-state index contributed by atoms with van der Waals surface area (Å²) in [5.41, 5.74) is 0. The average molecular weight is 681 g/mol. The molecule has 5 heteroatoms. The van der Waals surface area contributed by atoms with E-state index in [1.165, 1.54) is 167 Å². The van der Waals surface area contributed by atoms with Crippen LogP contribution in [0.3, 0.4) is 0 Å². The standard InChI is InChI=1S/C43H84O5/c1-39(2)33-29-25-21-17-13-9-5-7-11-15-19-23-27-31-35-42(45)47-37-41(44)38-48-43(46)36-32-28-24-20-16-12-8-6-10-14-18-22-26-30-34-40(3)4/h39-41,44H,5-38H2,1-4H3. The zero-order valence-electron chi connectivity index (χ0n) is 32.9. The first kappa shape index (κ1) is 46.9. The summed E-state index contributed by atoms with van der Waals surface area (Å²) in [6.45, 7) is 9.05. The summed E-state index contributed by atoms with van der Waals surface area (Å²) >= 11 is 0. The van der Waals surface area contributed by atoms with Gasteiger partial charge in [-0.15, -0.1) is 0 Å². The number of hydrogen-bond acceptors (Lipinski definition) is 5. The Bertz CT molecular complexity index is 620. The molecule has 0 bridgehead atoms. The Morgan fingerprint density at radius 1 is 0.375 bits per heavy atom. The minimum Gasteiger partial charge on any atom is -0.463 e. The third-order valence-electron chi connectivity index (χ3n) is 9.70. The molecule has 0 spiro atoms. The van der Waals surface area contributed by atoms with Crippen molar-refractivity contribution < 1.29 is 24.2 Å². The van der Waals surface area contributed by atoms with E-state index in [1.807, 2.05) is 0 Å². The van der Waals surface area contributed by atoms with Crippen molar-refractivity contribution in [1.29, 1.82) is 0 Å². The number of ether oxygens (including phenoxy) is 2. The van der Waals surface area contributed by atoms with Crippen LogP contribution in [0.15, 0.2) is 0 Å². The fraction of sp³-hybridized carbons (Fsp3) is 0.953. The van der Waals surface area contributed by atoms with Gasteiger partial charge >= 0.3 is 11.9 Å². The minimum absolute atomic E-state index is 0.108. The SMILES string of the molecule is CC(C)CCCCCCCCCCCCCCCCC(=O)OCC(O)COC(=O)CCCCCCCCCCCCCCCCC(C)C. The Hall–Kier alpha value is -1.10. The summed E-state index contributed by atoms with van der Waals surface area (Å²) in [5, 5.41) is 10.0. The average Bonchev–Trinajstić information content (AvgIpc) is 3.05. The predicted molar refractivity (Wildman–Crippen MR) is 205 cm³/mol. The fourth-order valence-electron chi connectivity index (χ4n) is 6.46. The third-order valence-corrected chi connectivity index (χ3v) is 9.70. The molecule has 0 heterocycles. The van der Waals surface area contributed by atoms with Crippen molar-refractivity contribution in [3.63, 3.8) is 0 Å². The molecular formula is C43H84O5. The van der Waals surface area contributed by atoms with Crippen LogP contribution >= 0.6 is 0 Å². The van der Waals surface area contributed by atoms with Gasteiger partial charge in [-0.05, 0) is 24.7 Å². The summed E-state index contributed by atoms with van der Waals surface area (Å²) in [5.74, 6) is 1.15. The maximum atomic E-state index is 12.0. The Morgan fingerprint density at radius 2 is 0.583 bits per heavy atom. The van der Waals surface area contributed by atoms with E-state index in [9.17, 15) is 14.7 Å². The molecule has 5 nitrogen and oxygen atoms in total. The Balaban J connectivity index is 3.37. The van der Waals surface area contributed by atoms with Crippen molar-refractivity contribution in [3.05, 3.63) is 0 Å². The van der Waals surface area contributed by atoms with Crippen LogP contribution < -0.4 is 0 Å². The van der Waals surface area contributed by atoms with Crippen LogP contribution in [0.1, 0.15) is 233 Å². The minimum atomic E-state index is -0.956. The number of carbonyl (C=O) groups is 2. The van der Waals surface area contributed by atoms with Crippen LogP contribution in [0.2, 0.25) is 0 Å². The zero-order chi connectivity index (χ0) is 35.3. The Morgan fingerprint density at radius 3 is 0.812 bits per heavy atom. The Kier molecular flexibility index (Phi) is 36.3. The molecule has 0 fully saturated rings. The van der Waals surface area contributed by atoms with Crippen LogP contribution in [-0.2, 0) is 19.1 Å². The largest absolute Gasteiger partial charge is 0.463 e. The van der Waals surface area contributed by atoms with Crippen molar-refractivity contribution in [2.45, 2.75) is 239 Å². The van der Waals surface area contributed by atoms with E-state index >= 15 is 0 Å². The number of unbranched alkanes of at least 4 members (excludes halogenated alkanes) is 26. The summed E-state index contributed by atoms with van der Waals surface area (Å²) in [7, 11) is 0. The molecule has 48 heavy (non-hydrogen) atoms. The summed E-state index contributed by atoms with van der Waals surface area (Å²) < 4.78 is 10.4. The number of rotatable bonds is 38. The van der Waals surface area contributed by atoms with Gasteiger partial charge < -0.3 is 14.6 Å². The lowest BCUT2D eigenvalue weighted by molar-refractivity contribution is -0.152. The number of aliphatic hydroxyl groups excluding tert-OH is 1. The second-order valence-corrected chi connectivity index (χ2v) is 15.8. The van der Waals surface area contributed by atoms with E-state index in [1.54, 1.807) is 0 Å². The number of carbonyl (C=O) groups excluding carboxylic acids is 2. The van der Waals surface area contributed by atoms with Crippen LogP contribution in [0.4, 0.5) is 0 Å². The molecule has 286 valence electrons. The molecule has 0 atom stereocenters. The van der Waals surface area contributed by atoms with Gasteiger partial charge in [0.15, 0.2) is 0 Å². The molecule has 0 saturated heterocycles. The van der Waals surface area contributed by atoms with E-state index < -0.39 is 6.10 Å². The molecule has 0 aromatic carbocycles. The van der Waals surface area contributed by atoms with Gasteiger partial charge in [0.1, 0.15) is 19.3 Å². The van der Waals surface area contributed by atoms with E-state index in [-0.39, 0.29) is 25.2 Å².